The number of amides is 2. The van der Waals surface area contributed by atoms with Crippen LogP contribution in [0.15, 0.2) is 47.1 Å². The number of rotatable bonds is 2. The van der Waals surface area contributed by atoms with Crippen molar-refractivity contribution >= 4 is 17.4 Å². The van der Waals surface area contributed by atoms with Crippen LogP contribution in [0, 0.1) is 0 Å². The van der Waals surface area contributed by atoms with Crippen LogP contribution in [0.3, 0.4) is 0 Å². The molecule has 0 radical (unpaired) electrons. The summed E-state index contributed by atoms with van der Waals surface area (Å²) in [5, 5.41) is 2.95. The normalized spacial score (nSPS) is 19.7. The molecule has 4 rings (SSSR count). The maximum Gasteiger partial charge on any atom is 0.322 e. The van der Waals surface area contributed by atoms with Crippen LogP contribution in [-0.2, 0) is 6.54 Å². The molecule has 5 heteroatoms. The summed E-state index contributed by atoms with van der Waals surface area (Å²) in [6.45, 7) is 2.25. The summed E-state index contributed by atoms with van der Waals surface area (Å²) in [4.78, 5) is 16.9. The highest BCUT2D eigenvalue weighted by Gasteiger charge is 2.35. The molecule has 1 aromatic carbocycles. The van der Waals surface area contributed by atoms with Crippen molar-refractivity contribution in [3.05, 3.63) is 48.4 Å². The Balaban J connectivity index is 1.56. The van der Waals surface area contributed by atoms with E-state index in [1.54, 1.807) is 6.26 Å². The van der Waals surface area contributed by atoms with Crippen LogP contribution in [0.4, 0.5) is 16.2 Å². The lowest BCUT2D eigenvalue weighted by molar-refractivity contribution is 0.244. The van der Waals surface area contributed by atoms with Crippen LogP contribution in [0.1, 0.15) is 18.6 Å². The van der Waals surface area contributed by atoms with Gasteiger partial charge in [0.05, 0.1) is 24.2 Å². The van der Waals surface area contributed by atoms with E-state index in [1.807, 2.05) is 35.2 Å². The molecule has 114 valence electrons. The maximum atomic E-state index is 12.6. The molecule has 3 heterocycles. The second-order valence-corrected chi connectivity index (χ2v) is 5.83. The number of hydrogen-bond donors (Lipinski definition) is 1. The summed E-state index contributed by atoms with van der Waals surface area (Å²) in [5.74, 6) is 0.765. The summed E-state index contributed by atoms with van der Waals surface area (Å²) >= 11 is 0. The molecule has 0 bridgehead atoms. The van der Waals surface area contributed by atoms with Crippen LogP contribution in [0.5, 0.6) is 0 Å². The molecule has 1 unspecified atom stereocenters. The Kier molecular flexibility index (Phi) is 3.25. The first kappa shape index (κ1) is 13.2. The maximum absolute atomic E-state index is 12.6. The van der Waals surface area contributed by atoms with Crippen molar-refractivity contribution < 1.29 is 9.21 Å². The van der Waals surface area contributed by atoms with Gasteiger partial charge in [0.15, 0.2) is 0 Å². The van der Waals surface area contributed by atoms with Gasteiger partial charge in [-0.1, -0.05) is 12.1 Å². The standard InChI is InChI=1S/C17H19N3O2/c21-17(18-11-14-6-4-10-22-14)20-12-13-5-3-9-19(13)15-7-1-2-8-16(15)20/h1-2,4,6-8,10,13H,3,5,9,11-12H2,(H,18,21). The lowest BCUT2D eigenvalue weighted by atomic mass is 10.1. The average Bonchev–Trinajstić information content (AvgIpc) is 3.23. The van der Waals surface area contributed by atoms with Crippen molar-refractivity contribution in [2.45, 2.75) is 25.4 Å². The second-order valence-electron chi connectivity index (χ2n) is 5.83. The Morgan fingerprint density at radius 1 is 1.23 bits per heavy atom. The number of benzene rings is 1. The van der Waals surface area contributed by atoms with Crippen LogP contribution < -0.4 is 15.1 Å². The Labute approximate surface area is 129 Å². The zero-order valence-corrected chi connectivity index (χ0v) is 12.4. The molecule has 1 saturated heterocycles. The average molecular weight is 297 g/mol. The van der Waals surface area contributed by atoms with E-state index in [0.29, 0.717) is 12.6 Å². The van der Waals surface area contributed by atoms with E-state index >= 15 is 0 Å². The summed E-state index contributed by atoms with van der Waals surface area (Å²) in [5.41, 5.74) is 2.17. The van der Waals surface area contributed by atoms with Gasteiger partial charge in [0.2, 0.25) is 0 Å². The Bertz CT molecular complexity index is 668. The van der Waals surface area contributed by atoms with E-state index in [0.717, 1.165) is 31.0 Å². The Morgan fingerprint density at radius 3 is 2.91 bits per heavy atom. The third-order valence-corrected chi connectivity index (χ3v) is 4.49. The summed E-state index contributed by atoms with van der Waals surface area (Å²) < 4.78 is 5.27. The predicted octanol–water partition coefficient (Wildman–Crippen LogP) is 2.98. The molecule has 2 amide bonds. The van der Waals surface area contributed by atoms with Crippen LogP contribution in [0.25, 0.3) is 0 Å². The number of para-hydroxylation sites is 2. The first-order valence-corrected chi connectivity index (χ1v) is 7.76. The summed E-state index contributed by atoms with van der Waals surface area (Å²) in [7, 11) is 0. The van der Waals surface area contributed by atoms with Crippen molar-refractivity contribution in [1.82, 2.24) is 5.32 Å². The molecule has 2 aromatic rings. The van der Waals surface area contributed by atoms with E-state index < -0.39 is 0 Å². The molecule has 1 aromatic heterocycles. The highest BCUT2D eigenvalue weighted by Crippen LogP contribution is 2.39. The fourth-order valence-corrected chi connectivity index (χ4v) is 3.45. The summed E-state index contributed by atoms with van der Waals surface area (Å²) in [6.07, 6.45) is 3.96. The van der Waals surface area contributed by atoms with Gasteiger partial charge in [-0.25, -0.2) is 4.79 Å². The minimum absolute atomic E-state index is 0.0598. The first-order chi connectivity index (χ1) is 10.8. The number of hydrogen-bond acceptors (Lipinski definition) is 3. The molecule has 5 nitrogen and oxygen atoms in total. The lowest BCUT2D eigenvalue weighted by Crippen LogP contribution is -2.51. The van der Waals surface area contributed by atoms with E-state index in [-0.39, 0.29) is 6.03 Å². The predicted molar refractivity (Wildman–Crippen MR) is 85.1 cm³/mol. The smallest absolute Gasteiger partial charge is 0.322 e. The number of carbonyl (C=O) groups is 1. The number of fused-ring (bicyclic) bond motifs is 3. The molecule has 0 spiro atoms. The molecule has 1 atom stereocenters. The SMILES string of the molecule is O=C(NCc1ccco1)N1CC2CCCN2c2ccccc21. The van der Waals surface area contributed by atoms with Gasteiger partial charge in [-0.2, -0.15) is 0 Å². The topological polar surface area (TPSA) is 48.7 Å². The Hall–Kier alpha value is -2.43. The molecule has 2 aliphatic rings. The lowest BCUT2D eigenvalue weighted by Gasteiger charge is -2.40. The zero-order chi connectivity index (χ0) is 14.9. The second kappa shape index (κ2) is 5.40. The van der Waals surface area contributed by atoms with E-state index in [4.69, 9.17) is 4.42 Å². The number of nitrogens with zero attached hydrogens (tertiary/aromatic N) is 2. The van der Waals surface area contributed by atoms with E-state index in [2.05, 4.69) is 16.3 Å². The molecule has 2 aliphatic heterocycles. The van der Waals surface area contributed by atoms with Gasteiger partial charge >= 0.3 is 6.03 Å². The van der Waals surface area contributed by atoms with E-state index in [1.165, 1.54) is 12.1 Å². The molecular formula is C17H19N3O2. The van der Waals surface area contributed by atoms with Crippen LogP contribution >= 0.6 is 0 Å². The van der Waals surface area contributed by atoms with Crippen molar-refractivity contribution in [2.75, 3.05) is 22.9 Å². The number of furan rings is 1. The molecule has 22 heavy (non-hydrogen) atoms. The zero-order valence-electron chi connectivity index (χ0n) is 12.4. The largest absolute Gasteiger partial charge is 0.467 e. The molecule has 0 saturated carbocycles. The Morgan fingerprint density at radius 2 is 2.09 bits per heavy atom. The molecule has 1 N–H and O–H groups in total. The monoisotopic (exact) mass is 297 g/mol. The van der Waals surface area contributed by atoms with E-state index in [9.17, 15) is 4.79 Å². The van der Waals surface area contributed by atoms with Crippen LogP contribution in [-0.4, -0.2) is 25.2 Å². The van der Waals surface area contributed by atoms with Crippen molar-refractivity contribution in [3.63, 3.8) is 0 Å². The fraction of sp³-hybridized carbons (Fsp3) is 0.353. The van der Waals surface area contributed by atoms with Gasteiger partial charge in [0, 0.05) is 19.1 Å². The van der Waals surface area contributed by atoms with Crippen molar-refractivity contribution in [2.24, 2.45) is 0 Å². The first-order valence-electron chi connectivity index (χ1n) is 7.76. The molecular weight excluding hydrogens is 278 g/mol. The van der Waals surface area contributed by atoms with Gasteiger partial charge in [-0.3, -0.25) is 4.90 Å². The quantitative estimate of drug-likeness (QED) is 0.927. The summed E-state index contributed by atoms with van der Waals surface area (Å²) in [6, 6.07) is 12.2. The highest BCUT2D eigenvalue weighted by molar-refractivity contribution is 5.97. The third kappa shape index (κ3) is 2.22. The van der Waals surface area contributed by atoms with Gasteiger partial charge in [0.25, 0.3) is 0 Å². The highest BCUT2D eigenvalue weighted by atomic mass is 16.3. The van der Waals surface area contributed by atoms with Gasteiger partial charge in [0.1, 0.15) is 5.76 Å². The minimum Gasteiger partial charge on any atom is -0.467 e. The minimum atomic E-state index is -0.0598. The molecule has 0 aliphatic carbocycles. The fourth-order valence-electron chi connectivity index (χ4n) is 3.45. The van der Waals surface area contributed by atoms with Gasteiger partial charge < -0.3 is 14.6 Å². The van der Waals surface area contributed by atoms with Gasteiger partial charge in [-0.05, 0) is 37.1 Å². The molecule has 1 fully saturated rings. The van der Waals surface area contributed by atoms with Crippen LogP contribution in [0.2, 0.25) is 0 Å². The van der Waals surface area contributed by atoms with Crippen molar-refractivity contribution in [1.29, 1.82) is 0 Å². The van der Waals surface area contributed by atoms with Gasteiger partial charge in [-0.15, -0.1) is 0 Å². The third-order valence-electron chi connectivity index (χ3n) is 4.49. The number of carbonyl (C=O) groups excluding carboxylic acids is 1. The number of nitrogens with one attached hydrogen (secondary N) is 1. The number of urea groups is 1. The number of anilines is 2. The van der Waals surface area contributed by atoms with Crippen molar-refractivity contribution in [3.8, 4) is 0 Å².